The van der Waals surface area contributed by atoms with Gasteiger partial charge in [0, 0.05) is 15.2 Å². The van der Waals surface area contributed by atoms with E-state index in [4.69, 9.17) is 15.2 Å². The van der Waals surface area contributed by atoms with Gasteiger partial charge in [0.1, 0.15) is 12.4 Å². The summed E-state index contributed by atoms with van der Waals surface area (Å²) in [4.78, 5) is 16.3. The van der Waals surface area contributed by atoms with E-state index >= 15 is 0 Å². The van der Waals surface area contributed by atoms with Gasteiger partial charge in [0.2, 0.25) is 0 Å². The van der Waals surface area contributed by atoms with Gasteiger partial charge in [-0.2, -0.15) is 0 Å². The number of aromatic nitrogens is 1. The lowest BCUT2D eigenvalue weighted by molar-refractivity contribution is 0.0589. The summed E-state index contributed by atoms with van der Waals surface area (Å²) in [6.07, 6.45) is 0. The van der Waals surface area contributed by atoms with E-state index in [1.54, 1.807) is 0 Å². The maximum Gasteiger partial charge on any atom is 0.360 e. The molecular weight excluding hydrogens is 420 g/mol. The molecule has 0 aliphatic carbocycles. The van der Waals surface area contributed by atoms with Crippen molar-refractivity contribution in [3.63, 3.8) is 0 Å². The molecule has 0 radical (unpaired) electrons. The van der Waals surface area contributed by atoms with Crippen molar-refractivity contribution >= 4 is 38.5 Å². The average molecular weight is 443 g/mol. The molecule has 2 aromatic carbocycles. The molecule has 6 heteroatoms. The Morgan fingerprint density at radius 1 is 1.14 bits per heavy atom. The van der Waals surface area contributed by atoms with E-state index in [1.165, 1.54) is 12.7 Å². The first kappa shape index (κ1) is 21.4. The Hall–Kier alpha value is -2.86. The number of allylic oxidation sites excluding steroid dienone is 1. The number of carbonyl (C=O) groups is 1. The van der Waals surface area contributed by atoms with Crippen molar-refractivity contribution < 1.29 is 14.3 Å². The highest BCUT2D eigenvalue weighted by Gasteiger charge is 2.21. The average Bonchev–Trinajstić information content (AvgIpc) is 2.66. The minimum absolute atomic E-state index is 0.0662. The number of anilines is 1. The Morgan fingerprint density at radius 2 is 1.79 bits per heavy atom. The third kappa shape index (κ3) is 5.33. The van der Waals surface area contributed by atoms with E-state index in [0.717, 1.165) is 10.0 Å². The minimum atomic E-state index is -0.591. The summed E-state index contributed by atoms with van der Waals surface area (Å²) < 4.78 is 11.5. The number of pyridine rings is 1. The molecule has 0 fully saturated rings. The molecule has 1 aromatic heterocycles. The molecule has 0 aliphatic heterocycles. The molecule has 3 rings (SSSR count). The van der Waals surface area contributed by atoms with Gasteiger partial charge in [-0.1, -0.05) is 64.0 Å². The van der Waals surface area contributed by atoms with Gasteiger partial charge < -0.3 is 15.2 Å². The predicted molar refractivity (Wildman–Crippen MR) is 116 cm³/mol. The summed E-state index contributed by atoms with van der Waals surface area (Å²) in [7, 11) is 1.30. The molecule has 2 N–H and O–H groups in total. The van der Waals surface area contributed by atoms with Crippen LogP contribution in [0.2, 0.25) is 0 Å². The van der Waals surface area contributed by atoms with E-state index in [0.29, 0.717) is 23.1 Å². The molecule has 3 aromatic rings. The number of fused-ring (bicyclic) bond motifs is 1. The zero-order valence-corrected chi connectivity index (χ0v) is 17.7. The van der Waals surface area contributed by atoms with Gasteiger partial charge in [-0.05, 0) is 25.5 Å². The van der Waals surface area contributed by atoms with Crippen LogP contribution in [0.1, 0.15) is 29.9 Å². The second kappa shape index (κ2) is 9.90. The van der Waals surface area contributed by atoms with Crippen LogP contribution in [0.25, 0.3) is 10.8 Å². The summed E-state index contributed by atoms with van der Waals surface area (Å²) in [5.74, 6) is 0.00720. The number of nitrogen functional groups attached to an aromatic ring is 1. The fourth-order valence-electron chi connectivity index (χ4n) is 2.44. The van der Waals surface area contributed by atoms with Crippen LogP contribution in [0.4, 0.5) is 5.82 Å². The first-order chi connectivity index (χ1) is 13.3. The van der Waals surface area contributed by atoms with Gasteiger partial charge in [0.15, 0.2) is 11.4 Å². The Bertz CT molecular complexity index is 984. The minimum Gasteiger partial charge on any atom is -0.486 e. The molecule has 0 atom stereocenters. The molecule has 0 saturated carbocycles. The number of esters is 1. The Morgan fingerprint density at radius 3 is 2.39 bits per heavy atom. The third-order valence-electron chi connectivity index (χ3n) is 3.57. The van der Waals surface area contributed by atoms with Gasteiger partial charge in [-0.3, -0.25) is 0 Å². The van der Waals surface area contributed by atoms with Gasteiger partial charge in [-0.25, -0.2) is 9.78 Å². The van der Waals surface area contributed by atoms with Gasteiger partial charge in [-0.15, -0.1) is 6.58 Å². The maximum absolute atomic E-state index is 12.1. The van der Waals surface area contributed by atoms with Crippen LogP contribution in [0.15, 0.2) is 65.2 Å². The van der Waals surface area contributed by atoms with Crippen molar-refractivity contribution in [1.82, 2.24) is 4.98 Å². The highest BCUT2D eigenvalue weighted by atomic mass is 79.9. The monoisotopic (exact) mass is 442 g/mol. The van der Waals surface area contributed by atoms with E-state index in [1.807, 2.05) is 62.4 Å². The number of carbonyl (C=O) groups excluding carboxylic acids is 1. The Kier molecular flexibility index (Phi) is 7.58. The summed E-state index contributed by atoms with van der Waals surface area (Å²) in [5, 5.41) is 1.40. The van der Waals surface area contributed by atoms with Crippen molar-refractivity contribution in [2.24, 2.45) is 0 Å². The number of nitrogens with two attached hydrogens (primary N) is 1. The second-order valence-corrected chi connectivity index (χ2v) is 7.16. The number of hydrogen-bond acceptors (Lipinski definition) is 5. The number of ether oxygens (including phenoxy) is 2. The predicted octanol–water partition coefficient (Wildman–Crippen LogP) is 5.53. The first-order valence-electron chi connectivity index (χ1n) is 8.60. The second-order valence-electron chi connectivity index (χ2n) is 6.31. The number of benzene rings is 2. The van der Waals surface area contributed by atoms with E-state index < -0.39 is 5.97 Å². The quantitative estimate of drug-likeness (QED) is 0.424. The number of nitrogens with zero attached hydrogens (tertiary/aromatic N) is 1. The van der Waals surface area contributed by atoms with Crippen LogP contribution in [-0.2, 0) is 11.3 Å². The van der Waals surface area contributed by atoms with Crippen LogP contribution in [0, 0.1) is 0 Å². The Labute approximate surface area is 173 Å². The highest BCUT2D eigenvalue weighted by molar-refractivity contribution is 9.10. The summed E-state index contributed by atoms with van der Waals surface area (Å²) >= 11 is 3.46. The lowest BCUT2D eigenvalue weighted by Gasteiger charge is -2.15. The standard InChI is InChI=1S/C18H15BrN2O3.C4H8/c1-23-18(22)15-16(24-10-11-6-3-2-4-7-11)12-8-5-9-13(19)14(12)17(20)21-15;1-4(2)3/h2-9H,10H2,1H3,(H2,20,21);1H2,2-3H3. The molecule has 0 spiro atoms. The third-order valence-corrected chi connectivity index (χ3v) is 4.23. The van der Waals surface area contributed by atoms with E-state index in [-0.39, 0.29) is 11.5 Å². The topological polar surface area (TPSA) is 74.4 Å². The van der Waals surface area contributed by atoms with Crippen LogP contribution in [-0.4, -0.2) is 18.1 Å². The zero-order chi connectivity index (χ0) is 20.7. The molecule has 28 heavy (non-hydrogen) atoms. The van der Waals surface area contributed by atoms with Crippen molar-refractivity contribution in [3.8, 4) is 5.75 Å². The maximum atomic E-state index is 12.1. The normalized spacial score (nSPS) is 10.0. The molecule has 1 heterocycles. The molecule has 0 aliphatic rings. The lowest BCUT2D eigenvalue weighted by Crippen LogP contribution is -2.11. The van der Waals surface area contributed by atoms with Gasteiger partial charge in [0.25, 0.3) is 0 Å². The van der Waals surface area contributed by atoms with Crippen LogP contribution < -0.4 is 10.5 Å². The number of halogens is 1. The zero-order valence-electron chi connectivity index (χ0n) is 16.2. The highest BCUT2D eigenvalue weighted by Crippen LogP contribution is 2.36. The van der Waals surface area contributed by atoms with Gasteiger partial charge in [0.05, 0.1) is 7.11 Å². The van der Waals surface area contributed by atoms with E-state index in [2.05, 4.69) is 27.5 Å². The fourth-order valence-corrected chi connectivity index (χ4v) is 3.01. The smallest absolute Gasteiger partial charge is 0.360 e. The molecule has 0 bridgehead atoms. The van der Waals surface area contributed by atoms with Crippen molar-refractivity contribution in [3.05, 3.63) is 76.4 Å². The number of rotatable bonds is 4. The van der Waals surface area contributed by atoms with Crippen LogP contribution in [0.5, 0.6) is 5.75 Å². The molecule has 0 saturated heterocycles. The largest absolute Gasteiger partial charge is 0.486 e. The number of methoxy groups -OCH3 is 1. The molecule has 0 amide bonds. The molecule has 146 valence electrons. The summed E-state index contributed by atoms with van der Waals surface area (Å²) in [6, 6.07) is 15.2. The number of hydrogen-bond donors (Lipinski definition) is 1. The van der Waals surface area contributed by atoms with Crippen molar-refractivity contribution in [2.75, 3.05) is 12.8 Å². The van der Waals surface area contributed by atoms with E-state index in [9.17, 15) is 4.79 Å². The SMILES string of the molecule is C=C(C)C.COC(=O)c1nc(N)c2c(Br)cccc2c1OCc1ccccc1. The molecule has 5 nitrogen and oxygen atoms in total. The fraction of sp³-hybridized carbons (Fsp3) is 0.182. The first-order valence-corrected chi connectivity index (χ1v) is 9.39. The summed E-state index contributed by atoms with van der Waals surface area (Å²) in [6.45, 7) is 7.80. The van der Waals surface area contributed by atoms with Crippen LogP contribution in [0.3, 0.4) is 0 Å². The molecular formula is C22H23BrN2O3. The Balaban J connectivity index is 0.000000640. The molecule has 0 unspecified atom stereocenters. The summed E-state index contributed by atoms with van der Waals surface area (Å²) in [5.41, 5.74) is 8.23. The van der Waals surface area contributed by atoms with Gasteiger partial charge >= 0.3 is 5.97 Å². The van der Waals surface area contributed by atoms with Crippen molar-refractivity contribution in [1.29, 1.82) is 0 Å². The van der Waals surface area contributed by atoms with Crippen LogP contribution >= 0.6 is 15.9 Å². The lowest BCUT2D eigenvalue weighted by atomic mass is 10.1. The van der Waals surface area contributed by atoms with Crippen molar-refractivity contribution in [2.45, 2.75) is 20.5 Å².